The lowest BCUT2D eigenvalue weighted by Gasteiger charge is -2.13. The van der Waals surface area contributed by atoms with Crippen molar-refractivity contribution < 1.29 is 4.74 Å². The standard InChI is InChI=1S/C19H19NO/c1-3-21-18-11-7-10-17(14-18)20-15(2)12-13-19(20)16-8-5-4-6-9-16/h4-14H,3H2,1-2H3. The van der Waals surface area contributed by atoms with E-state index in [0.717, 1.165) is 11.4 Å². The molecule has 0 atom stereocenters. The maximum absolute atomic E-state index is 5.62. The Labute approximate surface area is 125 Å². The molecule has 0 spiro atoms. The quantitative estimate of drug-likeness (QED) is 0.665. The van der Waals surface area contributed by atoms with E-state index in [9.17, 15) is 0 Å². The predicted octanol–water partition coefficient (Wildman–Crippen LogP) is 4.85. The Morgan fingerprint density at radius 3 is 2.48 bits per heavy atom. The molecule has 0 radical (unpaired) electrons. The summed E-state index contributed by atoms with van der Waals surface area (Å²) in [6.45, 7) is 4.81. The van der Waals surface area contributed by atoms with Crippen LogP contribution in [0.15, 0.2) is 66.7 Å². The predicted molar refractivity (Wildman–Crippen MR) is 87.1 cm³/mol. The molecule has 21 heavy (non-hydrogen) atoms. The minimum Gasteiger partial charge on any atom is -0.494 e. The highest BCUT2D eigenvalue weighted by molar-refractivity contribution is 5.64. The molecule has 0 N–H and O–H groups in total. The highest BCUT2D eigenvalue weighted by atomic mass is 16.5. The van der Waals surface area contributed by atoms with Gasteiger partial charge in [0.15, 0.2) is 0 Å². The molecule has 2 aromatic carbocycles. The number of aromatic nitrogens is 1. The Bertz CT molecular complexity index is 728. The van der Waals surface area contributed by atoms with Crippen molar-refractivity contribution in [3.63, 3.8) is 0 Å². The Hall–Kier alpha value is -2.48. The second-order valence-electron chi connectivity index (χ2n) is 4.99. The van der Waals surface area contributed by atoms with Crippen LogP contribution in [0.25, 0.3) is 16.9 Å². The van der Waals surface area contributed by atoms with Crippen molar-refractivity contribution in [1.82, 2.24) is 4.57 Å². The van der Waals surface area contributed by atoms with Crippen LogP contribution < -0.4 is 4.74 Å². The van der Waals surface area contributed by atoms with E-state index in [1.54, 1.807) is 0 Å². The van der Waals surface area contributed by atoms with E-state index in [1.807, 2.05) is 25.1 Å². The van der Waals surface area contributed by atoms with Gasteiger partial charge in [0.2, 0.25) is 0 Å². The first-order chi connectivity index (χ1) is 10.3. The minimum atomic E-state index is 0.680. The summed E-state index contributed by atoms with van der Waals surface area (Å²) in [4.78, 5) is 0. The SMILES string of the molecule is CCOc1cccc(-n2c(C)ccc2-c2ccccc2)c1. The molecule has 0 amide bonds. The molecule has 3 aromatic rings. The summed E-state index contributed by atoms with van der Waals surface area (Å²) in [7, 11) is 0. The van der Waals surface area contributed by atoms with Crippen molar-refractivity contribution in [2.75, 3.05) is 6.61 Å². The summed E-state index contributed by atoms with van der Waals surface area (Å²) in [5.41, 5.74) is 4.75. The molecule has 0 fully saturated rings. The number of benzene rings is 2. The third kappa shape index (κ3) is 2.70. The molecule has 0 saturated carbocycles. The molecule has 0 aliphatic rings. The lowest BCUT2D eigenvalue weighted by atomic mass is 10.1. The molecule has 0 aliphatic heterocycles. The summed E-state index contributed by atoms with van der Waals surface area (Å²) in [6, 6.07) is 23.0. The van der Waals surface area contributed by atoms with Gasteiger partial charge in [0, 0.05) is 17.4 Å². The van der Waals surface area contributed by atoms with E-state index in [4.69, 9.17) is 4.74 Å². The van der Waals surface area contributed by atoms with Crippen LogP contribution in [-0.4, -0.2) is 11.2 Å². The summed E-state index contributed by atoms with van der Waals surface area (Å²) < 4.78 is 7.88. The molecular formula is C19H19NO. The van der Waals surface area contributed by atoms with Gasteiger partial charge in [-0.2, -0.15) is 0 Å². The molecule has 0 unspecified atom stereocenters. The fraction of sp³-hybridized carbons (Fsp3) is 0.158. The molecule has 3 rings (SSSR count). The Kier molecular flexibility index (Phi) is 3.78. The smallest absolute Gasteiger partial charge is 0.121 e. The van der Waals surface area contributed by atoms with Gasteiger partial charge in [-0.05, 0) is 43.7 Å². The van der Waals surface area contributed by atoms with Crippen LogP contribution in [0.4, 0.5) is 0 Å². The van der Waals surface area contributed by atoms with Crippen molar-refractivity contribution in [2.45, 2.75) is 13.8 Å². The van der Waals surface area contributed by atoms with Crippen LogP contribution in [0.2, 0.25) is 0 Å². The van der Waals surface area contributed by atoms with Gasteiger partial charge in [0.25, 0.3) is 0 Å². The lowest BCUT2D eigenvalue weighted by molar-refractivity contribution is 0.340. The number of ether oxygens (including phenoxy) is 1. The second-order valence-corrected chi connectivity index (χ2v) is 4.99. The Morgan fingerprint density at radius 1 is 0.905 bits per heavy atom. The average molecular weight is 277 g/mol. The number of nitrogens with zero attached hydrogens (tertiary/aromatic N) is 1. The Morgan fingerprint density at radius 2 is 1.71 bits per heavy atom. The van der Waals surface area contributed by atoms with Crippen LogP contribution in [0.3, 0.4) is 0 Å². The second kappa shape index (κ2) is 5.88. The summed E-state index contributed by atoms with van der Waals surface area (Å²) in [5, 5.41) is 0. The molecule has 1 heterocycles. The maximum atomic E-state index is 5.62. The number of rotatable bonds is 4. The third-order valence-electron chi connectivity index (χ3n) is 3.53. The normalized spacial score (nSPS) is 10.6. The monoisotopic (exact) mass is 277 g/mol. The number of hydrogen-bond donors (Lipinski definition) is 0. The largest absolute Gasteiger partial charge is 0.494 e. The van der Waals surface area contributed by atoms with Crippen LogP contribution in [0.5, 0.6) is 5.75 Å². The highest BCUT2D eigenvalue weighted by Crippen LogP contribution is 2.27. The Balaban J connectivity index is 2.11. The molecular weight excluding hydrogens is 258 g/mol. The van der Waals surface area contributed by atoms with Gasteiger partial charge in [0.1, 0.15) is 5.75 Å². The van der Waals surface area contributed by atoms with E-state index in [2.05, 4.69) is 60.0 Å². The first-order valence-corrected chi connectivity index (χ1v) is 7.26. The van der Waals surface area contributed by atoms with Gasteiger partial charge >= 0.3 is 0 Å². The van der Waals surface area contributed by atoms with E-state index in [1.165, 1.54) is 17.0 Å². The van der Waals surface area contributed by atoms with Crippen molar-refractivity contribution in [3.05, 3.63) is 72.4 Å². The molecule has 0 saturated heterocycles. The number of hydrogen-bond acceptors (Lipinski definition) is 1. The maximum Gasteiger partial charge on any atom is 0.121 e. The van der Waals surface area contributed by atoms with Gasteiger partial charge in [0.05, 0.1) is 12.3 Å². The zero-order valence-electron chi connectivity index (χ0n) is 12.4. The first-order valence-electron chi connectivity index (χ1n) is 7.26. The molecule has 2 nitrogen and oxygen atoms in total. The zero-order chi connectivity index (χ0) is 14.7. The first kappa shape index (κ1) is 13.5. The van der Waals surface area contributed by atoms with Crippen molar-refractivity contribution in [3.8, 4) is 22.7 Å². The molecule has 0 bridgehead atoms. The van der Waals surface area contributed by atoms with Crippen molar-refractivity contribution in [2.24, 2.45) is 0 Å². The molecule has 1 aromatic heterocycles. The number of aryl methyl sites for hydroxylation is 1. The summed E-state index contributed by atoms with van der Waals surface area (Å²) in [6.07, 6.45) is 0. The van der Waals surface area contributed by atoms with E-state index >= 15 is 0 Å². The summed E-state index contributed by atoms with van der Waals surface area (Å²) in [5.74, 6) is 0.905. The van der Waals surface area contributed by atoms with Crippen molar-refractivity contribution in [1.29, 1.82) is 0 Å². The fourth-order valence-corrected chi connectivity index (χ4v) is 2.59. The molecule has 0 aliphatic carbocycles. The average Bonchev–Trinajstić information content (AvgIpc) is 2.90. The third-order valence-corrected chi connectivity index (χ3v) is 3.53. The van der Waals surface area contributed by atoms with Crippen molar-refractivity contribution >= 4 is 0 Å². The fourth-order valence-electron chi connectivity index (χ4n) is 2.59. The minimum absolute atomic E-state index is 0.680. The van der Waals surface area contributed by atoms with Gasteiger partial charge in [-0.15, -0.1) is 0 Å². The van der Waals surface area contributed by atoms with Gasteiger partial charge in [-0.1, -0.05) is 36.4 Å². The molecule has 106 valence electrons. The van der Waals surface area contributed by atoms with Crippen LogP contribution >= 0.6 is 0 Å². The van der Waals surface area contributed by atoms with Gasteiger partial charge in [-0.25, -0.2) is 0 Å². The topological polar surface area (TPSA) is 14.2 Å². The van der Waals surface area contributed by atoms with Crippen LogP contribution in [0.1, 0.15) is 12.6 Å². The van der Waals surface area contributed by atoms with Gasteiger partial charge in [-0.3, -0.25) is 0 Å². The van der Waals surface area contributed by atoms with E-state index in [-0.39, 0.29) is 0 Å². The van der Waals surface area contributed by atoms with E-state index in [0.29, 0.717) is 6.61 Å². The van der Waals surface area contributed by atoms with Gasteiger partial charge < -0.3 is 9.30 Å². The summed E-state index contributed by atoms with van der Waals surface area (Å²) >= 11 is 0. The van der Waals surface area contributed by atoms with Crippen LogP contribution in [-0.2, 0) is 0 Å². The van der Waals surface area contributed by atoms with Crippen LogP contribution in [0, 0.1) is 6.92 Å². The highest BCUT2D eigenvalue weighted by Gasteiger charge is 2.09. The van der Waals surface area contributed by atoms with E-state index < -0.39 is 0 Å². The lowest BCUT2D eigenvalue weighted by Crippen LogP contribution is -2.00. The molecule has 2 heteroatoms. The zero-order valence-corrected chi connectivity index (χ0v) is 12.4.